The molecule has 1 fully saturated rings. The van der Waals surface area contributed by atoms with Crippen LogP contribution in [0.1, 0.15) is 44.2 Å². The molecule has 0 atom stereocenters. The van der Waals surface area contributed by atoms with Gasteiger partial charge in [0.15, 0.2) is 0 Å². The highest BCUT2D eigenvalue weighted by atomic mass is 32.2. The van der Waals surface area contributed by atoms with Crippen molar-refractivity contribution in [2.24, 2.45) is 0 Å². The summed E-state index contributed by atoms with van der Waals surface area (Å²) in [6.45, 7) is 10.3. The minimum Gasteiger partial charge on any atom is -0.343 e. The highest BCUT2D eigenvalue weighted by molar-refractivity contribution is 7.89. The van der Waals surface area contributed by atoms with Crippen LogP contribution in [-0.4, -0.2) is 73.6 Å². The molecule has 162 valence electrons. The molecule has 8 heteroatoms. The van der Waals surface area contributed by atoms with Gasteiger partial charge in [-0.2, -0.15) is 4.31 Å². The van der Waals surface area contributed by atoms with Gasteiger partial charge in [-0.05, 0) is 45.7 Å². The molecule has 2 amide bonds. The lowest BCUT2D eigenvalue weighted by atomic mass is 10.2. The van der Waals surface area contributed by atoms with E-state index in [4.69, 9.17) is 0 Å². The number of nitrogens with zero attached hydrogens (tertiary/aromatic N) is 3. The van der Waals surface area contributed by atoms with E-state index >= 15 is 0 Å². The van der Waals surface area contributed by atoms with E-state index in [9.17, 15) is 18.0 Å². The van der Waals surface area contributed by atoms with Crippen LogP contribution in [0.15, 0.2) is 23.1 Å². The summed E-state index contributed by atoms with van der Waals surface area (Å²) in [6.07, 6.45) is 1.21. The van der Waals surface area contributed by atoms with Gasteiger partial charge < -0.3 is 9.80 Å². The fourth-order valence-corrected chi connectivity index (χ4v) is 5.32. The van der Waals surface area contributed by atoms with E-state index in [1.54, 1.807) is 28.9 Å². The van der Waals surface area contributed by atoms with Crippen LogP contribution in [0.2, 0.25) is 0 Å². The molecule has 0 aromatic heterocycles. The van der Waals surface area contributed by atoms with Gasteiger partial charge in [-0.3, -0.25) is 9.59 Å². The molecule has 0 unspecified atom stereocenters. The lowest BCUT2D eigenvalue weighted by Gasteiger charge is -2.34. The van der Waals surface area contributed by atoms with Gasteiger partial charge in [0, 0.05) is 52.1 Å². The Labute approximate surface area is 174 Å². The fourth-order valence-electron chi connectivity index (χ4n) is 3.69. The molecule has 7 nitrogen and oxygen atoms in total. The minimum atomic E-state index is -3.56. The summed E-state index contributed by atoms with van der Waals surface area (Å²) >= 11 is 0. The van der Waals surface area contributed by atoms with Crippen LogP contribution in [0, 0.1) is 13.8 Å². The molecule has 0 spiro atoms. The topological polar surface area (TPSA) is 78.0 Å². The maximum Gasteiger partial charge on any atom is 0.243 e. The first kappa shape index (κ1) is 23.3. The number of piperazine rings is 1. The Balaban J connectivity index is 1.86. The van der Waals surface area contributed by atoms with Crippen LogP contribution < -0.4 is 0 Å². The summed E-state index contributed by atoms with van der Waals surface area (Å²) in [5, 5.41) is 0. The van der Waals surface area contributed by atoms with Crippen molar-refractivity contribution in [2.75, 3.05) is 39.3 Å². The standard InChI is InChI=1S/C21H33N3O4S/c1-5-22(6-2)20(25)8-7-9-21(26)23-12-14-24(15-13-23)29(27,28)19-11-10-17(3)16-18(19)4/h10-11,16H,5-9,12-15H2,1-4H3. The monoisotopic (exact) mass is 423 g/mol. The summed E-state index contributed by atoms with van der Waals surface area (Å²) in [5.74, 6) is 0.0630. The molecule has 0 radical (unpaired) electrons. The average Bonchev–Trinajstić information content (AvgIpc) is 2.68. The number of benzene rings is 1. The predicted octanol–water partition coefficient (Wildman–Crippen LogP) is 2.18. The van der Waals surface area contributed by atoms with E-state index in [0.29, 0.717) is 63.4 Å². The molecule has 0 bridgehead atoms. The van der Waals surface area contributed by atoms with Gasteiger partial charge in [-0.15, -0.1) is 0 Å². The Kier molecular flexibility index (Phi) is 8.22. The second kappa shape index (κ2) is 10.2. The number of hydrogen-bond acceptors (Lipinski definition) is 4. The Hall–Kier alpha value is -1.93. The third-order valence-corrected chi connectivity index (χ3v) is 7.50. The van der Waals surface area contributed by atoms with Crippen LogP contribution >= 0.6 is 0 Å². The van der Waals surface area contributed by atoms with E-state index in [1.807, 2.05) is 26.8 Å². The zero-order valence-electron chi connectivity index (χ0n) is 18.0. The highest BCUT2D eigenvalue weighted by Gasteiger charge is 2.30. The molecular formula is C21H33N3O4S. The molecule has 1 aliphatic heterocycles. The second-order valence-corrected chi connectivity index (χ2v) is 9.38. The number of hydrogen-bond donors (Lipinski definition) is 0. The van der Waals surface area contributed by atoms with Crippen LogP contribution in [0.5, 0.6) is 0 Å². The molecule has 1 aromatic rings. The molecule has 29 heavy (non-hydrogen) atoms. The van der Waals surface area contributed by atoms with Gasteiger partial charge in [0.1, 0.15) is 0 Å². The van der Waals surface area contributed by atoms with Crippen molar-refractivity contribution in [3.05, 3.63) is 29.3 Å². The number of rotatable bonds is 8. The second-order valence-electron chi connectivity index (χ2n) is 7.47. The van der Waals surface area contributed by atoms with Gasteiger partial charge >= 0.3 is 0 Å². The van der Waals surface area contributed by atoms with E-state index in [2.05, 4.69) is 0 Å². The van der Waals surface area contributed by atoms with Crippen molar-refractivity contribution in [1.29, 1.82) is 0 Å². The predicted molar refractivity (Wildman–Crippen MR) is 113 cm³/mol. The lowest BCUT2D eigenvalue weighted by Crippen LogP contribution is -2.50. The zero-order chi connectivity index (χ0) is 21.6. The summed E-state index contributed by atoms with van der Waals surface area (Å²) in [6, 6.07) is 5.33. The van der Waals surface area contributed by atoms with E-state index in [1.165, 1.54) is 4.31 Å². The maximum atomic E-state index is 12.9. The van der Waals surface area contributed by atoms with Gasteiger partial charge in [0.25, 0.3) is 0 Å². The highest BCUT2D eigenvalue weighted by Crippen LogP contribution is 2.22. The van der Waals surface area contributed by atoms with Crippen molar-refractivity contribution in [2.45, 2.75) is 51.9 Å². The van der Waals surface area contributed by atoms with Crippen molar-refractivity contribution >= 4 is 21.8 Å². The molecular weight excluding hydrogens is 390 g/mol. The third kappa shape index (κ3) is 5.79. The molecule has 0 aliphatic carbocycles. The maximum absolute atomic E-state index is 12.9. The van der Waals surface area contributed by atoms with Gasteiger partial charge in [-0.25, -0.2) is 8.42 Å². The number of amides is 2. The smallest absolute Gasteiger partial charge is 0.243 e. The lowest BCUT2D eigenvalue weighted by molar-refractivity contribution is -0.133. The van der Waals surface area contributed by atoms with Crippen LogP contribution in [0.4, 0.5) is 0 Å². The number of carbonyl (C=O) groups is 2. The third-order valence-electron chi connectivity index (χ3n) is 5.44. The Bertz CT molecular complexity index is 826. The number of sulfonamides is 1. The fraction of sp³-hybridized carbons (Fsp3) is 0.619. The summed E-state index contributed by atoms with van der Waals surface area (Å²) in [7, 11) is -3.56. The summed E-state index contributed by atoms with van der Waals surface area (Å²) in [4.78, 5) is 28.3. The van der Waals surface area contributed by atoms with Crippen molar-refractivity contribution < 1.29 is 18.0 Å². The minimum absolute atomic E-state index is 0.0130. The van der Waals surface area contributed by atoms with Gasteiger partial charge in [0.05, 0.1) is 4.90 Å². The first-order valence-electron chi connectivity index (χ1n) is 10.3. The molecule has 1 saturated heterocycles. The van der Waals surface area contributed by atoms with Crippen LogP contribution in [0.25, 0.3) is 0 Å². The largest absolute Gasteiger partial charge is 0.343 e. The normalized spacial score (nSPS) is 15.4. The van der Waals surface area contributed by atoms with E-state index in [-0.39, 0.29) is 11.8 Å². The molecule has 0 N–H and O–H groups in total. The van der Waals surface area contributed by atoms with E-state index in [0.717, 1.165) is 11.1 Å². The Morgan fingerprint density at radius 2 is 1.62 bits per heavy atom. The van der Waals surface area contributed by atoms with Gasteiger partial charge in [-0.1, -0.05) is 17.7 Å². The van der Waals surface area contributed by atoms with Gasteiger partial charge in [0.2, 0.25) is 21.8 Å². The average molecular weight is 424 g/mol. The Morgan fingerprint density at radius 1 is 1.00 bits per heavy atom. The van der Waals surface area contributed by atoms with Crippen LogP contribution in [-0.2, 0) is 19.6 Å². The first-order valence-corrected chi connectivity index (χ1v) is 11.8. The van der Waals surface area contributed by atoms with Crippen LogP contribution in [0.3, 0.4) is 0 Å². The Morgan fingerprint density at radius 3 is 2.17 bits per heavy atom. The SMILES string of the molecule is CCN(CC)C(=O)CCCC(=O)N1CCN(S(=O)(=O)c2ccc(C)cc2C)CC1. The molecule has 0 saturated carbocycles. The summed E-state index contributed by atoms with van der Waals surface area (Å²) < 4.78 is 27.3. The molecule has 2 rings (SSSR count). The van der Waals surface area contributed by atoms with E-state index < -0.39 is 10.0 Å². The molecule has 1 aromatic carbocycles. The van der Waals surface area contributed by atoms with Crippen molar-refractivity contribution in [3.8, 4) is 0 Å². The molecule has 1 aliphatic rings. The van der Waals surface area contributed by atoms with Crippen molar-refractivity contribution in [1.82, 2.24) is 14.1 Å². The summed E-state index contributed by atoms with van der Waals surface area (Å²) in [5.41, 5.74) is 1.76. The zero-order valence-corrected chi connectivity index (χ0v) is 18.8. The number of carbonyl (C=O) groups excluding carboxylic acids is 2. The number of aryl methyl sites for hydroxylation is 2. The molecule has 1 heterocycles. The quantitative estimate of drug-likeness (QED) is 0.642. The first-order chi connectivity index (χ1) is 13.7. The van der Waals surface area contributed by atoms with Crippen molar-refractivity contribution in [3.63, 3.8) is 0 Å².